The molecule has 0 radical (unpaired) electrons. The first kappa shape index (κ1) is 17.1. The van der Waals surface area contributed by atoms with Gasteiger partial charge in [0, 0.05) is 24.2 Å². The summed E-state index contributed by atoms with van der Waals surface area (Å²) in [5.74, 6) is 2.57. The van der Waals surface area contributed by atoms with Crippen LogP contribution in [0, 0.1) is 0 Å². The van der Waals surface area contributed by atoms with Gasteiger partial charge >= 0.3 is 0 Å². The average molecular weight is 337 g/mol. The molecule has 0 aliphatic heterocycles. The molecule has 6 nitrogen and oxygen atoms in total. The summed E-state index contributed by atoms with van der Waals surface area (Å²) < 4.78 is 10.6. The minimum absolute atomic E-state index is 0.336. The SMILES string of the molecule is CCC(C)Nc1cc(Nc2cc(OC)c(Cl)cc2OC)ncn1. The van der Waals surface area contributed by atoms with E-state index in [1.54, 1.807) is 26.4 Å². The summed E-state index contributed by atoms with van der Waals surface area (Å²) in [6, 6.07) is 5.64. The van der Waals surface area contributed by atoms with E-state index in [0.29, 0.717) is 34.1 Å². The maximum absolute atomic E-state index is 6.11. The van der Waals surface area contributed by atoms with Crippen molar-refractivity contribution in [2.24, 2.45) is 0 Å². The van der Waals surface area contributed by atoms with Crippen molar-refractivity contribution in [2.75, 3.05) is 24.9 Å². The summed E-state index contributed by atoms with van der Waals surface area (Å²) in [5, 5.41) is 7.00. The Morgan fingerprint density at radius 3 is 2.43 bits per heavy atom. The molecule has 1 aromatic heterocycles. The van der Waals surface area contributed by atoms with E-state index >= 15 is 0 Å². The van der Waals surface area contributed by atoms with Crippen molar-refractivity contribution in [3.63, 3.8) is 0 Å². The van der Waals surface area contributed by atoms with Gasteiger partial charge in [0.2, 0.25) is 0 Å². The molecule has 0 saturated carbocycles. The van der Waals surface area contributed by atoms with E-state index in [0.717, 1.165) is 12.2 Å². The van der Waals surface area contributed by atoms with Gasteiger partial charge in [0.1, 0.15) is 29.5 Å². The molecule has 1 aromatic carbocycles. The van der Waals surface area contributed by atoms with Crippen LogP contribution in [-0.4, -0.2) is 30.2 Å². The van der Waals surface area contributed by atoms with Gasteiger partial charge in [0.05, 0.1) is 24.9 Å². The Morgan fingerprint density at radius 1 is 1.09 bits per heavy atom. The zero-order valence-electron chi connectivity index (χ0n) is 13.7. The Bertz CT molecular complexity index is 667. The topological polar surface area (TPSA) is 68.3 Å². The Hall–Kier alpha value is -2.21. The monoisotopic (exact) mass is 336 g/mol. The summed E-state index contributed by atoms with van der Waals surface area (Å²) in [6.07, 6.45) is 2.52. The van der Waals surface area contributed by atoms with Gasteiger partial charge in [-0.1, -0.05) is 18.5 Å². The molecule has 0 aliphatic carbocycles. The number of aromatic nitrogens is 2. The number of rotatable bonds is 7. The smallest absolute Gasteiger partial charge is 0.144 e. The Morgan fingerprint density at radius 2 is 1.78 bits per heavy atom. The number of nitrogens with one attached hydrogen (secondary N) is 2. The predicted molar refractivity (Wildman–Crippen MR) is 93.2 cm³/mol. The zero-order chi connectivity index (χ0) is 16.8. The van der Waals surface area contributed by atoms with E-state index < -0.39 is 0 Å². The third kappa shape index (κ3) is 4.39. The van der Waals surface area contributed by atoms with E-state index in [1.807, 2.05) is 6.07 Å². The number of nitrogens with zero attached hydrogens (tertiary/aromatic N) is 2. The molecule has 23 heavy (non-hydrogen) atoms. The van der Waals surface area contributed by atoms with Crippen LogP contribution >= 0.6 is 11.6 Å². The fraction of sp³-hybridized carbons (Fsp3) is 0.375. The standard InChI is InChI=1S/C16H21ClN4O2/c1-5-10(2)20-15-8-16(19-9-18-15)21-12-7-13(22-3)11(17)6-14(12)23-4/h6-10H,5H2,1-4H3,(H2,18,19,20,21). The lowest BCUT2D eigenvalue weighted by Gasteiger charge is -2.15. The molecule has 0 saturated heterocycles. The molecule has 7 heteroatoms. The zero-order valence-corrected chi connectivity index (χ0v) is 14.4. The quantitative estimate of drug-likeness (QED) is 0.793. The molecule has 1 heterocycles. The van der Waals surface area contributed by atoms with Crippen molar-refractivity contribution in [3.8, 4) is 11.5 Å². The van der Waals surface area contributed by atoms with Crippen LogP contribution in [0.2, 0.25) is 5.02 Å². The molecule has 0 bridgehead atoms. The summed E-state index contributed by atoms with van der Waals surface area (Å²) in [5.41, 5.74) is 0.710. The number of anilines is 3. The van der Waals surface area contributed by atoms with E-state index in [2.05, 4.69) is 34.4 Å². The van der Waals surface area contributed by atoms with Crippen molar-refractivity contribution >= 4 is 28.9 Å². The highest BCUT2D eigenvalue weighted by Crippen LogP contribution is 2.37. The molecule has 1 unspecified atom stereocenters. The number of hydrogen-bond donors (Lipinski definition) is 2. The van der Waals surface area contributed by atoms with Crippen LogP contribution in [-0.2, 0) is 0 Å². The fourth-order valence-electron chi connectivity index (χ4n) is 1.96. The van der Waals surface area contributed by atoms with Crippen LogP contribution in [0.4, 0.5) is 17.3 Å². The summed E-state index contributed by atoms with van der Waals surface area (Å²) >= 11 is 6.11. The van der Waals surface area contributed by atoms with Gasteiger partial charge in [-0.05, 0) is 13.3 Å². The number of ether oxygens (including phenoxy) is 2. The molecular weight excluding hydrogens is 316 g/mol. The third-order valence-corrected chi connectivity index (χ3v) is 3.71. The lowest BCUT2D eigenvalue weighted by atomic mass is 10.2. The van der Waals surface area contributed by atoms with Crippen molar-refractivity contribution in [1.29, 1.82) is 0 Å². The third-order valence-electron chi connectivity index (χ3n) is 3.41. The van der Waals surface area contributed by atoms with E-state index in [9.17, 15) is 0 Å². The minimum atomic E-state index is 0.336. The highest BCUT2D eigenvalue weighted by molar-refractivity contribution is 6.32. The maximum Gasteiger partial charge on any atom is 0.144 e. The minimum Gasteiger partial charge on any atom is -0.495 e. The number of hydrogen-bond acceptors (Lipinski definition) is 6. The first-order valence-electron chi connectivity index (χ1n) is 7.34. The van der Waals surface area contributed by atoms with Gasteiger partial charge in [-0.2, -0.15) is 0 Å². The summed E-state index contributed by atoms with van der Waals surface area (Å²) in [4.78, 5) is 8.45. The summed E-state index contributed by atoms with van der Waals surface area (Å²) in [6.45, 7) is 4.21. The molecule has 2 aromatic rings. The van der Waals surface area contributed by atoms with Crippen LogP contribution in [0.3, 0.4) is 0 Å². The fourth-order valence-corrected chi connectivity index (χ4v) is 2.19. The average Bonchev–Trinajstić information content (AvgIpc) is 2.56. The van der Waals surface area contributed by atoms with Crippen LogP contribution in [0.25, 0.3) is 0 Å². The molecule has 0 spiro atoms. The van der Waals surface area contributed by atoms with Crippen LogP contribution in [0.5, 0.6) is 11.5 Å². The largest absolute Gasteiger partial charge is 0.495 e. The van der Waals surface area contributed by atoms with Gasteiger partial charge < -0.3 is 20.1 Å². The highest BCUT2D eigenvalue weighted by atomic mass is 35.5. The molecule has 0 fully saturated rings. The van der Waals surface area contributed by atoms with Crippen LogP contribution < -0.4 is 20.1 Å². The van der Waals surface area contributed by atoms with Crippen LogP contribution in [0.1, 0.15) is 20.3 Å². The molecule has 1 atom stereocenters. The Labute approximate surface area is 141 Å². The van der Waals surface area contributed by atoms with Gasteiger partial charge in [0.15, 0.2) is 0 Å². The Balaban J connectivity index is 2.26. The molecule has 2 N–H and O–H groups in total. The van der Waals surface area contributed by atoms with Gasteiger partial charge in [-0.3, -0.25) is 0 Å². The van der Waals surface area contributed by atoms with Crippen molar-refractivity contribution in [2.45, 2.75) is 26.3 Å². The lowest BCUT2D eigenvalue weighted by Crippen LogP contribution is -2.14. The van der Waals surface area contributed by atoms with E-state index in [4.69, 9.17) is 21.1 Å². The highest BCUT2D eigenvalue weighted by Gasteiger charge is 2.11. The van der Waals surface area contributed by atoms with Crippen molar-refractivity contribution in [3.05, 3.63) is 29.5 Å². The second-order valence-corrected chi connectivity index (χ2v) is 5.46. The molecule has 0 aliphatic rings. The number of benzene rings is 1. The predicted octanol–water partition coefficient (Wildman–Crippen LogP) is 4.10. The molecule has 2 rings (SSSR count). The second kappa shape index (κ2) is 7.87. The number of methoxy groups -OCH3 is 2. The molecule has 124 valence electrons. The second-order valence-electron chi connectivity index (χ2n) is 5.05. The normalized spacial score (nSPS) is 11.7. The molecule has 0 amide bonds. The Kier molecular flexibility index (Phi) is 5.87. The summed E-state index contributed by atoms with van der Waals surface area (Å²) in [7, 11) is 3.15. The maximum atomic E-state index is 6.11. The van der Waals surface area contributed by atoms with E-state index in [1.165, 1.54) is 6.33 Å². The van der Waals surface area contributed by atoms with Crippen molar-refractivity contribution in [1.82, 2.24) is 9.97 Å². The van der Waals surface area contributed by atoms with Gasteiger partial charge in [0.25, 0.3) is 0 Å². The van der Waals surface area contributed by atoms with Crippen LogP contribution in [0.15, 0.2) is 24.5 Å². The van der Waals surface area contributed by atoms with Gasteiger partial charge in [-0.15, -0.1) is 0 Å². The van der Waals surface area contributed by atoms with Crippen molar-refractivity contribution < 1.29 is 9.47 Å². The first-order valence-corrected chi connectivity index (χ1v) is 7.72. The first-order chi connectivity index (χ1) is 11.1. The lowest BCUT2D eigenvalue weighted by molar-refractivity contribution is 0.405. The van der Waals surface area contributed by atoms with E-state index in [-0.39, 0.29) is 0 Å². The number of halogens is 1. The van der Waals surface area contributed by atoms with Gasteiger partial charge in [-0.25, -0.2) is 9.97 Å². The molecular formula is C16H21ClN4O2.